The van der Waals surface area contributed by atoms with Gasteiger partial charge in [0.2, 0.25) is 5.91 Å². The van der Waals surface area contributed by atoms with Crippen molar-refractivity contribution in [1.29, 1.82) is 5.26 Å². The van der Waals surface area contributed by atoms with Gasteiger partial charge in [0.25, 0.3) is 5.91 Å². The number of carbonyl (C=O) groups excluding carboxylic acids is 2. The van der Waals surface area contributed by atoms with Crippen LogP contribution in [0.1, 0.15) is 40.7 Å². The Hall–Kier alpha value is -3.17. The Kier molecular flexibility index (Phi) is 4.79. The van der Waals surface area contributed by atoms with Gasteiger partial charge in [0, 0.05) is 25.6 Å². The molecule has 2 aliphatic heterocycles. The lowest BCUT2D eigenvalue weighted by atomic mass is 9.96. The highest BCUT2D eigenvalue weighted by molar-refractivity contribution is 5.98. The minimum Gasteiger partial charge on any atom is -0.338 e. The van der Waals surface area contributed by atoms with Crippen molar-refractivity contribution in [2.75, 3.05) is 13.6 Å². The molecule has 2 amide bonds. The zero-order valence-corrected chi connectivity index (χ0v) is 17.6. The fourth-order valence-electron chi connectivity index (χ4n) is 5.25. The van der Waals surface area contributed by atoms with Gasteiger partial charge in [-0.2, -0.15) is 5.26 Å². The molecule has 2 aromatic rings. The van der Waals surface area contributed by atoms with Gasteiger partial charge in [0.1, 0.15) is 6.04 Å². The number of amides is 2. The Morgan fingerprint density at radius 3 is 2.71 bits per heavy atom. The molecule has 1 saturated carbocycles. The first-order valence-corrected chi connectivity index (χ1v) is 10.9. The van der Waals surface area contributed by atoms with Gasteiger partial charge in [-0.3, -0.25) is 9.59 Å². The van der Waals surface area contributed by atoms with Crippen molar-refractivity contribution in [3.63, 3.8) is 0 Å². The smallest absolute Gasteiger partial charge is 0.254 e. The molecule has 2 N–H and O–H groups in total. The van der Waals surface area contributed by atoms with E-state index in [-0.39, 0.29) is 11.8 Å². The maximum absolute atomic E-state index is 12.8. The third-order valence-electron chi connectivity index (χ3n) is 7.06. The van der Waals surface area contributed by atoms with Gasteiger partial charge in [-0.25, -0.2) is 0 Å². The summed E-state index contributed by atoms with van der Waals surface area (Å²) in [5.41, 5.74) is 4.51. The summed E-state index contributed by atoms with van der Waals surface area (Å²) in [6, 6.07) is 15.7. The van der Waals surface area contributed by atoms with Crippen LogP contribution < -0.4 is 10.6 Å². The number of fused-ring (bicyclic) bond motifs is 3. The van der Waals surface area contributed by atoms with Crippen LogP contribution >= 0.6 is 0 Å². The molecule has 31 heavy (non-hydrogen) atoms. The Bertz CT molecular complexity index is 1080. The highest BCUT2D eigenvalue weighted by atomic mass is 16.2. The molecule has 2 bridgehead atoms. The number of hydrogen-bond acceptors (Lipinski definition) is 4. The third kappa shape index (κ3) is 3.49. The van der Waals surface area contributed by atoms with Crippen molar-refractivity contribution < 1.29 is 9.59 Å². The molecule has 3 aliphatic rings. The molecule has 3 atom stereocenters. The van der Waals surface area contributed by atoms with Gasteiger partial charge in [-0.05, 0) is 66.1 Å². The molecule has 5 rings (SSSR count). The lowest BCUT2D eigenvalue weighted by Gasteiger charge is -2.27. The third-order valence-corrected chi connectivity index (χ3v) is 7.06. The van der Waals surface area contributed by atoms with E-state index >= 15 is 0 Å². The quantitative estimate of drug-likeness (QED) is 0.788. The number of nitriles is 1. The second-order valence-electron chi connectivity index (χ2n) is 9.16. The van der Waals surface area contributed by atoms with E-state index in [1.165, 1.54) is 0 Å². The van der Waals surface area contributed by atoms with E-state index in [1.54, 1.807) is 4.90 Å². The van der Waals surface area contributed by atoms with Crippen LogP contribution in [-0.4, -0.2) is 41.9 Å². The fraction of sp³-hybridized carbons (Fsp3) is 0.400. The van der Waals surface area contributed by atoms with Crippen molar-refractivity contribution in [3.05, 3.63) is 59.2 Å². The van der Waals surface area contributed by atoms with E-state index in [9.17, 15) is 14.9 Å². The van der Waals surface area contributed by atoms with Crippen LogP contribution in [0.5, 0.6) is 0 Å². The molecule has 6 nitrogen and oxygen atoms in total. The molecular formula is C25H26N4O2. The number of rotatable bonds is 5. The first kappa shape index (κ1) is 19.8. The summed E-state index contributed by atoms with van der Waals surface area (Å²) in [5, 5.41) is 15.9. The number of nitrogens with one attached hydrogen (secondary N) is 2. The Morgan fingerprint density at radius 1 is 1.29 bits per heavy atom. The van der Waals surface area contributed by atoms with Crippen LogP contribution in [0, 0.1) is 17.2 Å². The topological polar surface area (TPSA) is 85.2 Å². The van der Waals surface area contributed by atoms with Crippen LogP contribution in [0.25, 0.3) is 11.1 Å². The molecule has 0 spiro atoms. The van der Waals surface area contributed by atoms with E-state index in [0.29, 0.717) is 18.9 Å². The molecule has 6 heteroatoms. The molecule has 0 unspecified atom stereocenters. The number of hydrogen-bond donors (Lipinski definition) is 2. The van der Waals surface area contributed by atoms with Crippen molar-refractivity contribution >= 4 is 11.8 Å². The standard InChI is InChI=1S/C25H26N4O2/c1-29-15-20-11-19(6-7-22(20)23(29)30)18-4-2-16(3-5-18)10-21(13-26)28-24(31)25-9-8-17(12-25)14-27-25/h2-7,11,17,21,27H,8-10,12,14-15H2,1H3,(H,28,31)/t17-,21-,25-/m0/s1. The van der Waals surface area contributed by atoms with E-state index in [4.69, 9.17) is 0 Å². The van der Waals surface area contributed by atoms with Crippen LogP contribution in [0.3, 0.4) is 0 Å². The molecule has 2 heterocycles. The highest BCUT2D eigenvalue weighted by Crippen LogP contribution is 2.40. The summed E-state index contributed by atoms with van der Waals surface area (Å²) in [5.74, 6) is 0.631. The van der Waals surface area contributed by atoms with Crippen molar-refractivity contribution in [2.45, 2.75) is 43.8 Å². The first-order valence-electron chi connectivity index (χ1n) is 10.9. The molecule has 2 aromatic carbocycles. The molecule has 1 aliphatic carbocycles. The molecule has 1 saturated heterocycles. The molecule has 0 aromatic heterocycles. The largest absolute Gasteiger partial charge is 0.338 e. The Morgan fingerprint density at radius 2 is 2.06 bits per heavy atom. The summed E-state index contributed by atoms with van der Waals surface area (Å²) in [6.45, 7) is 1.54. The fourth-order valence-corrected chi connectivity index (χ4v) is 5.25. The second-order valence-corrected chi connectivity index (χ2v) is 9.16. The molecule has 2 fully saturated rings. The lowest BCUT2D eigenvalue weighted by Crippen LogP contribution is -2.55. The van der Waals surface area contributed by atoms with Crippen LogP contribution in [0.4, 0.5) is 0 Å². The maximum Gasteiger partial charge on any atom is 0.254 e. The zero-order valence-electron chi connectivity index (χ0n) is 17.6. The molecular weight excluding hydrogens is 388 g/mol. The van der Waals surface area contributed by atoms with Gasteiger partial charge < -0.3 is 15.5 Å². The normalized spacial score (nSPS) is 24.7. The average molecular weight is 415 g/mol. The van der Waals surface area contributed by atoms with Crippen LogP contribution in [-0.2, 0) is 17.8 Å². The van der Waals surface area contributed by atoms with E-state index < -0.39 is 11.6 Å². The summed E-state index contributed by atoms with van der Waals surface area (Å²) in [4.78, 5) is 26.6. The monoisotopic (exact) mass is 414 g/mol. The predicted molar refractivity (Wildman–Crippen MR) is 117 cm³/mol. The van der Waals surface area contributed by atoms with Crippen LogP contribution in [0.2, 0.25) is 0 Å². The van der Waals surface area contributed by atoms with Crippen molar-refractivity contribution in [3.8, 4) is 17.2 Å². The minimum absolute atomic E-state index is 0.0340. The zero-order chi connectivity index (χ0) is 21.6. The van der Waals surface area contributed by atoms with Gasteiger partial charge >= 0.3 is 0 Å². The second kappa shape index (κ2) is 7.51. The van der Waals surface area contributed by atoms with E-state index in [0.717, 1.165) is 53.6 Å². The Balaban J connectivity index is 1.26. The summed E-state index contributed by atoms with van der Waals surface area (Å²) in [7, 11) is 1.81. The molecule has 0 radical (unpaired) electrons. The lowest BCUT2D eigenvalue weighted by molar-refractivity contribution is -0.127. The van der Waals surface area contributed by atoms with Crippen molar-refractivity contribution in [2.24, 2.45) is 5.92 Å². The number of benzene rings is 2. The van der Waals surface area contributed by atoms with E-state index in [2.05, 4.69) is 22.8 Å². The molecule has 158 valence electrons. The number of piperidine rings is 1. The van der Waals surface area contributed by atoms with Gasteiger partial charge in [0.15, 0.2) is 0 Å². The summed E-state index contributed by atoms with van der Waals surface area (Å²) >= 11 is 0. The summed E-state index contributed by atoms with van der Waals surface area (Å²) in [6.07, 6.45) is 3.31. The average Bonchev–Trinajstić information content (AvgIpc) is 3.48. The SMILES string of the molecule is CN1Cc2cc(-c3ccc(C[C@@H](C#N)NC(=O)[C@@]45CC[C@H](CN4)C5)cc3)ccc2C1=O. The number of carbonyl (C=O) groups is 2. The minimum atomic E-state index is -0.546. The van der Waals surface area contributed by atoms with Crippen LogP contribution in [0.15, 0.2) is 42.5 Å². The highest BCUT2D eigenvalue weighted by Gasteiger charge is 2.50. The maximum atomic E-state index is 12.8. The van der Waals surface area contributed by atoms with Gasteiger partial charge in [-0.15, -0.1) is 0 Å². The Labute approximate surface area is 182 Å². The van der Waals surface area contributed by atoms with Crippen molar-refractivity contribution in [1.82, 2.24) is 15.5 Å². The van der Waals surface area contributed by atoms with E-state index in [1.807, 2.05) is 43.4 Å². The van der Waals surface area contributed by atoms with Gasteiger partial charge in [-0.1, -0.05) is 30.3 Å². The first-order chi connectivity index (χ1) is 15.0. The van der Waals surface area contributed by atoms with Gasteiger partial charge in [0.05, 0.1) is 11.6 Å². The predicted octanol–water partition coefficient (Wildman–Crippen LogP) is 2.63. The number of nitrogens with zero attached hydrogens (tertiary/aromatic N) is 2. The summed E-state index contributed by atoms with van der Waals surface area (Å²) < 4.78 is 0.